The van der Waals surface area contributed by atoms with Gasteiger partial charge in [-0.3, -0.25) is 0 Å². The van der Waals surface area contributed by atoms with Crippen molar-refractivity contribution in [3.63, 3.8) is 0 Å². The lowest BCUT2D eigenvalue weighted by Crippen LogP contribution is -2.31. The van der Waals surface area contributed by atoms with E-state index in [1.807, 2.05) is 0 Å². The Morgan fingerprint density at radius 1 is 0.355 bits per heavy atom. The zero-order valence-corrected chi connectivity index (χ0v) is 21.7. The molecule has 3 nitrogen and oxygen atoms in total. The summed E-state index contributed by atoms with van der Waals surface area (Å²) in [6, 6.07) is 0. The number of hydrogen-bond donors (Lipinski definition) is 3. The van der Waals surface area contributed by atoms with Crippen LogP contribution >= 0.6 is 0 Å². The Hall–Kier alpha value is -0.120. The summed E-state index contributed by atoms with van der Waals surface area (Å²) in [7, 11) is 0. The molecule has 31 heavy (non-hydrogen) atoms. The molecule has 3 heteroatoms. The highest BCUT2D eigenvalue weighted by molar-refractivity contribution is 4.54. The van der Waals surface area contributed by atoms with Gasteiger partial charge in [-0.2, -0.15) is 0 Å². The summed E-state index contributed by atoms with van der Waals surface area (Å²) in [5.41, 5.74) is 5.45. The average molecular weight is 440 g/mol. The molecule has 0 amide bonds. The van der Waals surface area contributed by atoms with Gasteiger partial charge in [0.15, 0.2) is 0 Å². The molecule has 4 N–H and O–H groups in total. The van der Waals surface area contributed by atoms with Crippen molar-refractivity contribution in [1.29, 1.82) is 0 Å². The van der Waals surface area contributed by atoms with Gasteiger partial charge in [0.1, 0.15) is 0 Å². The molecular formula is C28H61N3. The Kier molecular flexibility index (Phi) is 29.8. The summed E-state index contributed by atoms with van der Waals surface area (Å²) in [4.78, 5) is 0. The van der Waals surface area contributed by atoms with Crippen LogP contribution in [0.15, 0.2) is 0 Å². The minimum Gasteiger partial charge on any atom is -0.329 e. The monoisotopic (exact) mass is 439 g/mol. The quantitative estimate of drug-likeness (QED) is 0.109. The number of nitrogens with two attached hydrogens (primary N) is 1. The van der Waals surface area contributed by atoms with Gasteiger partial charge in [0, 0.05) is 26.2 Å². The van der Waals surface area contributed by atoms with Gasteiger partial charge in [-0.15, -0.1) is 0 Å². The van der Waals surface area contributed by atoms with E-state index in [2.05, 4.69) is 17.6 Å². The molecular weight excluding hydrogens is 378 g/mol. The highest BCUT2D eigenvalue weighted by Crippen LogP contribution is 2.15. The number of hydrogen-bond acceptors (Lipinski definition) is 3. The predicted molar refractivity (Wildman–Crippen MR) is 142 cm³/mol. The van der Waals surface area contributed by atoms with Crippen LogP contribution < -0.4 is 16.4 Å². The molecule has 0 heterocycles. The second-order valence-electron chi connectivity index (χ2n) is 9.71. The second kappa shape index (κ2) is 29.9. The largest absolute Gasteiger partial charge is 0.329 e. The van der Waals surface area contributed by atoms with Gasteiger partial charge in [0.2, 0.25) is 0 Å². The fraction of sp³-hybridized carbons (Fsp3) is 1.00. The second-order valence-corrected chi connectivity index (χ2v) is 9.71. The van der Waals surface area contributed by atoms with Crippen LogP contribution in [0.25, 0.3) is 0 Å². The molecule has 0 bridgehead atoms. The topological polar surface area (TPSA) is 50.1 Å². The van der Waals surface area contributed by atoms with Crippen LogP contribution in [0.5, 0.6) is 0 Å². The maximum absolute atomic E-state index is 5.45. The number of unbranched alkanes of at least 4 members (excludes halogenated alkanes) is 21. The lowest BCUT2D eigenvalue weighted by molar-refractivity contribution is 0.516. The fourth-order valence-corrected chi connectivity index (χ4v) is 4.39. The summed E-state index contributed by atoms with van der Waals surface area (Å²) < 4.78 is 0. The van der Waals surface area contributed by atoms with Gasteiger partial charge in [0.05, 0.1) is 0 Å². The summed E-state index contributed by atoms with van der Waals surface area (Å²) in [5, 5.41) is 6.82. The first-order valence-corrected chi connectivity index (χ1v) is 14.5. The molecule has 188 valence electrons. The van der Waals surface area contributed by atoms with E-state index in [1.54, 1.807) is 0 Å². The van der Waals surface area contributed by atoms with Crippen molar-refractivity contribution in [1.82, 2.24) is 10.6 Å². The minimum atomic E-state index is 0.736. The predicted octanol–water partition coefficient (Wildman–Crippen LogP) is 7.73. The maximum atomic E-state index is 5.45. The third-order valence-electron chi connectivity index (χ3n) is 6.51. The molecule has 0 aromatic rings. The summed E-state index contributed by atoms with van der Waals surface area (Å²) in [5.74, 6) is 0. The van der Waals surface area contributed by atoms with E-state index in [4.69, 9.17) is 5.73 Å². The minimum absolute atomic E-state index is 0.736. The Labute approximate surface area is 197 Å². The first-order chi connectivity index (χ1) is 15.4. The lowest BCUT2D eigenvalue weighted by atomic mass is 10.0. The first-order valence-electron chi connectivity index (χ1n) is 14.5. The van der Waals surface area contributed by atoms with Crippen LogP contribution in [0.2, 0.25) is 0 Å². The molecule has 0 aliphatic rings. The Bertz CT molecular complexity index is 268. The van der Waals surface area contributed by atoms with Crippen molar-refractivity contribution in [3.8, 4) is 0 Å². The third kappa shape index (κ3) is 29.9. The molecule has 0 aromatic carbocycles. The summed E-state index contributed by atoms with van der Waals surface area (Å²) in [6.07, 6.45) is 32.0. The standard InChI is InChI=1S/C28H61N3/c1-2-3-4-5-6-7-8-9-10-11-12-13-14-15-16-17-18-19-20-21-22-23-25-30-27-28-31-26-24-29/h30-31H,2-29H2,1H3. The Morgan fingerprint density at radius 3 is 0.968 bits per heavy atom. The first kappa shape index (κ1) is 30.9. The van der Waals surface area contributed by atoms with Gasteiger partial charge in [0.25, 0.3) is 0 Å². The van der Waals surface area contributed by atoms with Crippen molar-refractivity contribution in [2.75, 3.05) is 32.7 Å². The van der Waals surface area contributed by atoms with Gasteiger partial charge in [-0.05, 0) is 13.0 Å². The molecule has 0 saturated carbocycles. The molecule has 0 radical (unpaired) electrons. The van der Waals surface area contributed by atoms with Crippen LogP contribution in [0.4, 0.5) is 0 Å². The lowest BCUT2D eigenvalue weighted by Gasteiger charge is -2.06. The molecule has 0 unspecified atom stereocenters. The van der Waals surface area contributed by atoms with E-state index in [0.29, 0.717) is 0 Å². The molecule has 0 saturated heterocycles. The maximum Gasteiger partial charge on any atom is 0.00772 e. The number of nitrogens with one attached hydrogen (secondary N) is 2. The Morgan fingerprint density at radius 2 is 0.645 bits per heavy atom. The smallest absolute Gasteiger partial charge is 0.00772 e. The van der Waals surface area contributed by atoms with Gasteiger partial charge in [-0.1, -0.05) is 142 Å². The normalized spacial score (nSPS) is 11.4. The average Bonchev–Trinajstić information content (AvgIpc) is 2.78. The van der Waals surface area contributed by atoms with E-state index < -0.39 is 0 Å². The van der Waals surface area contributed by atoms with Crippen LogP contribution in [0.3, 0.4) is 0 Å². The highest BCUT2D eigenvalue weighted by atomic mass is 14.9. The SMILES string of the molecule is CCCCCCCCCCCCCCCCCCCCCCCCNCCNCCN. The Balaban J connectivity index is 2.98. The molecule has 0 aliphatic carbocycles. The molecule has 0 fully saturated rings. The third-order valence-corrected chi connectivity index (χ3v) is 6.51. The zero-order valence-electron chi connectivity index (χ0n) is 21.7. The molecule has 0 rings (SSSR count). The van der Waals surface area contributed by atoms with Crippen LogP contribution in [-0.2, 0) is 0 Å². The van der Waals surface area contributed by atoms with Crippen molar-refractivity contribution in [2.45, 2.75) is 148 Å². The van der Waals surface area contributed by atoms with E-state index in [9.17, 15) is 0 Å². The van der Waals surface area contributed by atoms with Gasteiger partial charge < -0.3 is 16.4 Å². The van der Waals surface area contributed by atoms with E-state index in [1.165, 1.54) is 148 Å². The van der Waals surface area contributed by atoms with E-state index in [0.717, 1.165) is 26.2 Å². The van der Waals surface area contributed by atoms with Crippen molar-refractivity contribution >= 4 is 0 Å². The van der Waals surface area contributed by atoms with Gasteiger partial charge >= 0.3 is 0 Å². The molecule has 0 spiro atoms. The van der Waals surface area contributed by atoms with Crippen LogP contribution in [0.1, 0.15) is 148 Å². The molecule has 0 atom stereocenters. The van der Waals surface area contributed by atoms with E-state index in [-0.39, 0.29) is 0 Å². The highest BCUT2D eigenvalue weighted by Gasteiger charge is 1.96. The van der Waals surface area contributed by atoms with Crippen LogP contribution in [-0.4, -0.2) is 32.7 Å². The van der Waals surface area contributed by atoms with Crippen molar-refractivity contribution in [2.24, 2.45) is 5.73 Å². The van der Waals surface area contributed by atoms with Crippen LogP contribution in [0, 0.1) is 0 Å². The summed E-state index contributed by atoms with van der Waals surface area (Å²) in [6.45, 7) is 7.25. The fourth-order valence-electron chi connectivity index (χ4n) is 4.39. The zero-order chi connectivity index (χ0) is 22.5. The van der Waals surface area contributed by atoms with Crippen molar-refractivity contribution < 1.29 is 0 Å². The number of rotatable bonds is 28. The van der Waals surface area contributed by atoms with Crippen molar-refractivity contribution in [3.05, 3.63) is 0 Å². The van der Waals surface area contributed by atoms with Gasteiger partial charge in [-0.25, -0.2) is 0 Å². The van der Waals surface area contributed by atoms with E-state index >= 15 is 0 Å². The molecule has 0 aromatic heterocycles. The summed E-state index contributed by atoms with van der Waals surface area (Å²) >= 11 is 0. The molecule has 0 aliphatic heterocycles.